The maximum Gasteiger partial charge on any atom is 0.345 e. The number of aromatic carboxylic acids is 1. The first-order chi connectivity index (χ1) is 13.9. The predicted octanol–water partition coefficient (Wildman–Crippen LogP) is 4.09. The summed E-state index contributed by atoms with van der Waals surface area (Å²) < 4.78 is 31.2. The monoisotopic (exact) mass is 407 g/mol. The maximum atomic E-state index is 12.3. The fourth-order valence-corrected chi connectivity index (χ4v) is 5.19. The normalized spacial score (nSPS) is 24.7. The van der Waals surface area contributed by atoms with Crippen LogP contribution in [0.2, 0.25) is 0 Å². The number of halogens is 2. The van der Waals surface area contributed by atoms with Crippen molar-refractivity contribution in [1.82, 2.24) is 14.5 Å². The Bertz CT molecular complexity index is 887. The Morgan fingerprint density at radius 1 is 1.28 bits per heavy atom. The summed E-state index contributed by atoms with van der Waals surface area (Å²) in [4.78, 5) is 18.5. The number of carboxylic acid groups (broad SMARTS) is 1. The molecule has 0 spiro atoms. The second kappa shape index (κ2) is 7.99. The van der Waals surface area contributed by atoms with Gasteiger partial charge in [-0.15, -0.1) is 0 Å². The van der Waals surface area contributed by atoms with Gasteiger partial charge < -0.3 is 14.4 Å². The summed E-state index contributed by atoms with van der Waals surface area (Å²) in [5, 5.41) is 10.4. The van der Waals surface area contributed by atoms with Gasteiger partial charge in [0.25, 0.3) is 0 Å². The summed E-state index contributed by atoms with van der Waals surface area (Å²) in [6.45, 7) is 2.48. The van der Waals surface area contributed by atoms with Crippen molar-refractivity contribution in [3.8, 4) is 0 Å². The first kappa shape index (κ1) is 20.2. The molecule has 1 atom stereocenters. The molecule has 4 rings (SSSR count). The lowest BCUT2D eigenvalue weighted by Crippen LogP contribution is -2.57. The number of hydrogen-bond acceptors (Lipinski definition) is 4. The average Bonchev–Trinajstić information content (AvgIpc) is 2.95. The molecule has 1 N–H and O–H groups in total. The lowest BCUT2D eigenvalue weighted by atomic mass is 9.80. The van der Waals surface area contributed by atoms with E-state index in [-0.39, 0.29) is 12.1 Å². The Labute approximate surface area is 168 Å². The molecule has 1 aliphatic carbocycles. The van der Waals surface area contributed by atoms with Crippen LogP contribution in [0.15, 0.2) is 18.3 Å². The zero-order valence-electron chi connectivity index (χ0n) is 16.7. The third-order valence-corrected chi connectivity index (χ3v) is 6.74. The van der Waals surface area contributed by atoms with Crippen LogP contribution in [-0.2, 0) is 4.74 Å². The zero-order chi connectivity index (χ0) is 20.7. The van der Waals surface area contributed by atoms with E-state index < -0.39 is 12.6 Å². The van der Waals surface area contributed by atoms with E-state index in [1.807, 2.05) is 13.0 Å². The number of pyridine rings is 1. The largest absolute Gasteiger partial charge is 0.478 e. The Kier molecular flexibility index (Phi) is 5.57. The van der Waals surface area contributed by atoms with Gasteiger partial charge in [-0.25, -0.2) is 9.78 Å². The number of fused-ring (bicyclic) bond motifs is 1. The van der Waals surface area contributed by atoms with Crippen LogP contribution in [0.1, 0.15) is 54.7 Å². The van der Waals surface area contributed by atoms with Gasteiger partial charge in [0.05, 0.1) is 11.7 Å². The van der Waals surface area contributed by atoms with E-state index in [9.17, 15) is 18.7 Å². The summed E-state index contributed by atoms with van der Waals surface area (Å²) in [6.07, 6.45) is 5.45. The molecule has 1 saturated carbocycles. The predicted molar refractivity (Wildman–Crippen MR) is 104 cm³/mol. The molecular weight excluding hydrogens is 380 g/mol. The molecule has 8 heteroatoms. The molecule has 0 aromatic carbocycles. The van der Waals surface area contributed by atoms with Gasteiger partial charge in [-0.2, -0.15) is 8.78 Å². The van der Waals surface area contributed by atoms with Gasteiger partial charge in [0, 0.05) is 42.5 Å². The van der Waals surface area contributed by atoms with Crippen molar-refractivity contribution in [2.24, 2.45) is 5.92 Å². The van der Waals surface area contributed by atoms with E-state index in [0.717, 1.165) is 37.0 Å². The third kappa shape index (κ3) is 3.75. The van der Waals surface area contributed by atoms with Crippen molar-refractivity contribution in [3.63, 3.8) is 0 Å². The molecule has 2 aromatic heterocycles. The van der Waals surface area contributed by atoms with Gasteiger partial charge in [-0.05, 0) is 57.6 Å². The van der Waals surface area contributed by atoms with Crippen molar-refractivity contribution < 1.29 is 23.4 Å². The summed E-state index contributed by atoms with van der Waals surface area (Å²) in [6, 6.07) is 4.16. The highest BCUT2D eigenvalue weighted by Gasteiger charge is 2.37. The maximum absolute atomic E-state index is 12.3. The van der Waals surface area contributed by atoms with Gasteiger partial charge in [0.2, 0.25) is 0 Å². The smallest absolute Gasteiger partial charge is 0.345 e. The molecule has 0 radical (unpaired) electrons. The van der Waals surface area contributed by atoms with E-state index in [2.05, 4.69) is 26.1 Å². The Hall–Kier alpha value is -2.06. The lowest BCUT2D eigenvalue weighted by molar-refractivity contribution is -0.202. The molecule has 2 aliphatic rings. The van der Waals surface area contributed by atoms with Crippen LogP contribution in [-0.4, -0.2) is 57.4 Å². The van der Waals surface area contributed by atoms with E-state index in [0.29, 0.717) is 36.0 Å². The van der Waals surface area contributed by atoms with Crippen LogP contribution in [0.3, 0.4) is 0 Å². The summed E-state index contributed by atoms with van der Waals surface area (Å²) >= 11 is 0. The summed E-state index contributed by atoms with van der Waals surface area (Å²) in [5.41, 5.74) is 1.81. The minimum Gasteiger partial charge on any atom is -0.478 e. The van der Waals surface area contributed by atoms with Gasteiger partial charge in [0.1, 0.15) is 5.65 Å². The number of carboxylic acids is 1. The van der Waals surface area contributed by atoms with Crippen LogP contribution < -0.4 is 0 Å². The second-order valence-electron chi connectivity index (χ2n) is 8.29. The highest BCUT2D eigenvalue weighted by molar-refractivity contribution is 6.04. The minimum absolute atomic E-state index is 0.146. The van der Waals surface area contributed by atoms with Gasteiger partial charge in [0.15, 0.2) is 0 Å². The van der Waals surface area contributed by atoms with Crippen LogP contribution in [0.25, 0.3) is 11.0 Å². The third-order valence-electron chi connectivity index (χ3n) is 6.74. The molecule has 2 fully saturated rings. The molecule has 1 saturated heterocycles. The molecule has 158 valence electrons. The number of nitrogens with zero attached hydrogens (tertiary/aromatic N) is 3. The first-order valence-corrected chi connectivity index (χ1v) is 10.2. The lowest BCUT2D eigenvalue weighted by Gasteiger charge is -2.46. The summed E-state index contributed by atoms with van der Waals surface area (Å²) in [5.74, 6) is -0.493. The number of ether oxygens (including phenoxy) is 1. The number of aromatic nitrogens is 2. The SMILES string of the molecule is Cc1c(C(=O)O)c2cccnc2n1[C@H](C)[C@H]1CC[C@@H](N2CC(OC(F)F)C2)CC1. The number of rotatable bonds is 6. The number of alkyl halides is 2. The fraction of sp³-hybridized carbons (Fsp3) is 0.619. The van der Waals surface area contributed by atoms with Crippen LogP contribution >= 0.6 is 0 Å². The van der Waals surface area contributed by atoms with Gasteiger partial charge in [-0.1, -0.05) is 0 Å². The average molecular weight is 407 g/mol. The molecule has 3 heterocycles. The topological polar surface area (TPSA) is 67.6 Å². The van der Waals surface area contributed by atoms with Crippen molar-refractivity contribution in [2.45, 2.75) is 64.3 Å². The van der Waals surface area contributed by atoms with Gasteiger partial charge in [-0.3, -0.25) is 4.90 Å². The molecule has 0 bridgehead atoms. The van der Waals surface area contributed by atoms with E-state index in [1.165, 1.54) is 0 Å². The number of likely N-dealkylation sites (tertiary alicyclic amines) is 1. The van der Waals surface area contributed by atoms with Crippen molar-refractivity contribution in [2.75, 3.05) is 13.1 Å². The van der Waals surface area contributed by atoms with Crippen molar-refractivity contribution >= 4 is 17.0 Å². The highest BCUT2D eigenvalue weighted by atomic mass is 19.3. The molecule has 0 amide bonds. The quantitative estimate of drug-likeness (QED) is 0.781. The highest BCUT2D eigenvalue weighted by Crippen LogP contribution is 2.39. The van der Waals surface area contributed by atoms with Crippen LogP contribution in [0.5, 0.6) is 0 Å². The van der Waals surface area contributed by atoms with E-state index >= 15 is 0 Å². The standard InChI is InChI=1S/C21H27F2N3O3/c1-12(26-13(2)18(20(27)28)17-4-3-9-24-19(17)26)14-5-7-15(8-6-14)25-10-16(11-25)29-21(22)23/h3-4,9,12,14-16,21H,5-8,10-11H2,1-2H3,(H,27,28)/t12-,14-,15+/m1/s1. The minimum atomic E-state index is -2.69. The van der Waals surface area contributed by atoms with Gasteiger partial charge >= 0.3 is 12.6 Å². The molecule has 2 aromatic rings. The van der Waals surface area contributed by atoms with Crippen molar-refractivity contribution in [3.05, 3.63) is 29.6 Å². The molecule has 0 unspecified atom stereocenters. The van der Waals surface area contributed by atoms with E-state index in [4.69, 9.17) is 0 Å². The Balaban J connectivity index is 1.44. The number of hydrogen-bond donors (Lipinski definition) is 1. The first-order valence-electron chi connectivity index (χ1n) is 10.2. The van der Waals surface area contributed by atoms with Crippen LogP contribution in [0.4, 0.5) is 8.78 Å². The zero-order valence-corrected chi connectivity index (χ0v) is 16.7. The van der Waals surface area contributed by atoms with E-state index in [1.54, 1.807) is 12.3 Å². The van der Waals surface area contributed by atoms with Crippen molar-refractivity contribution in [1.29, 1.82) is 0 Å². The number of carbonyl (C=O) groups is 1. The Morgan fingerprint density at radius 3 is 2.59 bits per heavy atom. The second-order valence-corrected chi connectivity index (χ2v) is 8.29. The Morgan fingerprint density at radius 2 is 1.97 bits per heavy atom. The molecule has 6 nitrogen and oxygen atoms in total. The molecule has 1 aliphatic heterocycles. The van der Waals surface area contributed by atoms with Crippen LogP contribution in [0, 0.1) is 12.8 Å². The summed E-state index contributed by atoms with van der Waals surface area (Å²) in [7, 11) is 0. The fourth-order valence-electron chi connectivity index (χ4n) is 5.19. The molecule has 29 heavy (non-hydrogen) atoms. The molecular formula is C21H27F2N3O3.